The van der Waals surface area contributed by atoms with Crippen LogP contribution in [0.3, 0.4) is 0 Å². The molecule has 0 bridgehead atoms. The highest BCUT2D eigenvalue weighted by atomic mass is 32.2. The van der Waals surface area contributed by atoms with Gasteiger partial charge in [0.15, 0.2) is 0 Å². The minimum Gasteiger partial charge on any atom is -0.495 e. The molecular weight excluding hydrogens is 454 g/mol. The van der Waals surface area contributed by atoms with Crippen molar-refractivity contribution in [3.63, 3.8) is 0 Å². The lowest BCUT2D eigenvalue weighted by Gasteiger charge is -2.34. The Morgan fingerprint density at radius 1 is 1.00 bits per heavy atom. The largest absolute Gasteiger partial charge is 0.495 e. The van der Waals surface area contributed by atoms with Crippen LogP contribution in [-0.2, 0) is 31.4 Å². The second-order valence-corrected chi connectivity index (χ2v) is 11.6. The monoisotopic (exact) mass is 479 g/mol. The third-order valence-corrected chi connectivity index (χ3v) is 9.27. The molecule has 0 unspecified atom stereocenters. The molecule has 2 aliphatic rings. The van der Waals surface area contributed by atoms with Gasteiger partial charge in [0.25, 0.3) is 0 Å². The van der Waals surface area contributed by atoms with E-state index in [-0.39, 0.29) is 28.5 Å². The Labute approximate surface area is 188 Å². The Morgan fingerprint density at radius 2 is 1.69 bits per heavy atom. The lowest BCUT2D eigenvalue weighted by Crippen LogP contribution is -2.48. The number of hydrogen-bond acceptors (Lipinski definition) is 7. The van der Waals surface area contributed by atoms with E-state index in [1.807, 2.05) is 30.3 Å². The summed E-state index contributed by atoms with van der Waals surface area (Å²) in [5.74, 6) is -0.763. The molecule has 2 aromatic carbocycles. The molecule has 2 heterocycles. The molecule has 2 fully saturated rings. The highest BCUT2D eigenvalue weighted by Crippen LogP contribution is 2.34. The number of benzene rings is 2. The first kappa shape index (κ1) is 22.7. The minimum atomic E-state index is -3.96. The molecule has 0 saturated carbocycles. The van der Waals surface area contributed by atoms with Gasteiger partial charge in [0.1, 0.15) is 10.6 Å². The number of amides is 1. The smallest absolute Gasteiger partial charge is 0.246 e. The van der Waals surface area contributed by atoms with Crippen LogP contribution in [0.25, 0.3) is 0 Å². The van der Waals surface area contributed by atoms with Crippen molar-refractivity contribution in [3.05, 3.63) is 54.1 Å². The molecule has 0 atom stereocenters. The maximum atomic E-state index is 13.4. The maximum Gasteiger partial charge on any atom is 0.246 e. The Morgan fingerprint density at radius 3 is 2.28 bits per heavy atom. The number of nitrogens with zero attached hydrogens (tertiary/aromatic N) is 3. The topological polar surface area (TPSA) is 104 Å². The van der Waals surface area contributed by atoms with E-state index in [0.717, 1.165) is 12.1 Å². The van der Waals surface area contributed by atoms with Gasteiger partial charge in [-0.3, -0.25) is 9.69 Å². The molecule has 0 N–H and O–H groups in total. The molecule has 9 nitrogen and oxygen atoms in total. The first-order chi connectivity index (χ1) is 15.2. The van der Waals surface area contributed by atoms with Gasteiger partial charge in [-0.2, -0.15) is 4.31 Å². The number of methoxy groups -OCH3 is 1. The predicted octanol–water partition coefficient (Wildman–Crippen LogP) is 1.27. The zero-order chi connectivity index (χ0) is 22.9. The van der Waals surface area contributed by atoms with Crippen LogP contribution in [0.2, 0.25) is 0 Å². The van der Waals surface area contributed by atoms with E-state index in [0.29, 0.717) is 30.5 Å². The summed E-state index contributed by atoms with van der Waals surface area (Å²) in [5.41, 5.74) is 1.17. The van der Waals surface area contributed by atoms with Crippen molar-refractivity contribution >= 4 is 31.6 Å². The zero-order valence-corrected chi connectivity index (χ0v) is 19.3. The number of rotatable bonds is 6. The fourth-order valence-corrected chi connectivity index (χ4v) is 7.02. The van der Waals surface area contributed by atoms with Crippen LogP contribution in [0, 0.1) is 0 Å². The molecule has 4 rings (SSSR count). The summed E-state index contributed by atoms with van der Waals surface area (Å²) >= 11 is 0. The van der Waals surface area contributed by atoms with Gasteiger partial charge in [-0.15, -0.1) is 0 Å². The van der Waals surface area contributed by atoms with Gasteiger partial charge in [0, 0.05) is 39.1 Å². The highest BCUT2D eigenvalue weighted by Gasteiger charge is 2.38. The van der Waals surface area contributed by atoms with Crippen molar-refractivity contribution in [1.29, 1.82) is 0 Å². The van der Waals surface area contributed by atoms with Crippen molar-refractivity contribution in [2.24, 2.45) is 0 Å². The first-order valence-electron chi connectivity index (χ1n) is 10.2. The van der Waals surface area contributed by atoms with Crippen molar-refractivity contribution in [2.45, 2.75) is 17.9 Å². The molecule has 2 saturated heterocycles. The zero-order valence-electron chi connectivity index (χ0n) is 17.7. The number of sulfonamides is 2. The van der Waals surface area contributed by atoms with Gasteiger partial charge >= 0.3 is 0 Å². The van der Waals surface area contributed by atoms with Gasteiger partial charge in [0.05, 0.1) is 18.6 Å². The van der Waals surface area contributed by atoms with E-state index in [2.05, 4.69) is 4.90 Å². The summed E-state index contributed by atoms with van der Waals surface area (Å²) in [4.78, 5) is 14.2. The molecular formula is C21H25N3O6S2. The fourth-order valence-electron chi connectivity index (χ4n) is 3.97. The molecule has 0 radical (unpaired) electrons. The van der Waals surface area contributed by atoms with Gasteiger partial charge in [0.2, 0.25) is 26.0 Å². The van der Waals surface area contributed by atoms with Gasteiger partial charge < -0.3 is 4.74 Å². The summed E-state index contributed by atoms with van der Waals surface area (Å²) in [5, 5.41) is 0. The molecule has 32 heavy (non-hydrogen) atoms. The SMILES string of the molecule is COc1ccc(N2C(=O)CCS2(=O)=O)cc1S(=O)(=O)N1CCN(Cc2ccccc2)CC1. The average molecular weight is 480 g/mol. The standard InChI is InChI=1S/C21H25N3O6S2/c1-30-19-8-7-18(24-21(25)9-14-31(24,26)27)15-20(19)32(28,29)23-12-10-22(11-13-23)16-17-5-3-2-4-6-17/h2-8,15H,9-14,16H2,1H3. The van der Waals surface area contributed by atoms with Gasteiger partial charge in [-0.1, -0.05) is 30.3 Å². The molecule has 11 heteroatoms. The lowest BCUT2D eigenvalue weighted by molar-refractivity contribution is -0.116. The minimum absolute atomic E-state index is 0.00888. The van der Waals surface area contributed by atoms with E-state index < -0.39 is 26.0 Å². The van der Waals surface area contributed by atoms with Crippen molar-refractivity contribution in [1.82, 2.24) is 9.21 Å². The third kappa shape index (κ3) is 4.38. The van der Waals surface area contributed by atoms with E-state index >= 15 is 0 Å². The van der Waals surface area contributed by atoms with Gasteiger partial charge in [-0.25, -0.2) is 21.1 Å². The number of ether oxygens (including phenoxy) is 1. The van der Waals surface area contributed by atoms with Crippen molar-refractivity contribution < 1.29 is 26.4 Å². The Kier molecular flexibility index (Phi) is 6.26. The average Bonchev–Trinajstić information content (AvgIpc) is 3.06. The molecule has 1 amide bonds. The highest BCUT2D eigenvalue weighted by molar-refractivity contribution is 7.94. The van der Waals surface area contributed by atoms with Crippen molar-refractivity contribution in [2.75, 3.05) is 43.3 Å². The van der Waals surface area contributed by atoms with Crippen LogP contribution in [-0.4, -0.2) is 71.0 Å². The van der Waals surface area contributed by atoms with Crippen LogP contribution in [0.5, 0.6) is 5.75 Å². The quantitative estimate of drug-likeness (QED) is 0.614. The summed E-state index contributed by atoms with van der Waals surface area (Å²) in [6.45, 7) is 2.46. The number of piperazine rings is 1. The Bertz CT molecular complexity index is 1210. The second kappa shape index (κ2) is 8.81. The van der Waals surface area contributed by atoms with Crippen LogP contribution in [0.4, 0.5) is 5.69 Å². The third-order valence-electron chi connectivity index (χ3n) is 5.66. The van der Waals surface area contributed by atoms with Crippen molar-refractivity contribution in [3.8, 4) is 5.75 Å². The Hall–Kier alpha value is -2.47. The Balaban J connectivity index is 1.56. The second-order valence-electron chi connectivity index (χ2n) is 7.73. The molecule has 2 aromatic rings. The maximum absolute atomic E-state index is 13.4. The number of carbonyl (C=O) groups excluding carboxylic acids is 1. The number of hydrogen-bond donors (Lipinski definition) is 0. The number of carbonyl (C=O) groups is 1. The van der Waals surface area contributed by atoms with Crippen LogP contribution < -0.4 is 9.04 Å². The van der Waals surface area contributed by atoms with E-state index in [4.69, 9.17) is 4.74 Å². The van der Waals surface area contributed by atoms with E-state index in [9.17, 15) is 21.6 Å². The number of anilines is 1. The first-order valence-corrected chi connectivity index (χ1v) is 13.3. The normalized spacial score (nSPS) is 19.9. The molecule has 2 aliphatic heterocycles. The molecule has 0 aliphatic carbocycles. The predicted molar refractivity (Wildman–Crippen MR) is 119 cm³/mol. The molecule has 172 valence electrons. The molecule has 0 spiro atoms. The fraction of sp³-hybridized carbons (Fsp3) is 0.381. The summed E-state index contributed by atoms with van der Waals surface area (Å²) in [6.07, 6.45) is -0.125. The summed E-state index contributed by atoms with van der Waals surface area (Å²) < 4.78 is 58.7. The van der Waals surface area contributed by atoms with E-state index in [1.54, 1.807) is 0 Å². The van der Waals surface area contributed by atoms with E-state index in [1.165, 1.54) is 29.6 Å². The summed E-state index contributed by atoms with van der Waals surface area (Å²) in [6, 6.07) is 14.0. The van der Waals surface area contributed by atoms with Crippen LogP contribution in [0.1, 0.15) is 12.0 Å². The van der Waals surface area contributed by atoms with Gasteiger partial charge in [-0.05, 0) is 23.8 Å². The van der Waals surface area contributed by atoms with Crippen LogP contribution in [0.15, 0.2) is 53.4 Å². The van der Waals surface area contributed by atoms with Crippen LogP contribution >= 0.6 is 0 Å². The lowest BCUT2D eigenvalue weighted by atomic mass is 10.2. The molecule has 0 aromatic heterocycles. The summed E-state index contributed by atoms with van der Waals surface area (Å²) in [7, 11) is -6.41.